The van der Waals surface area contributed by atoms with Gasteiger partial charge in [0.15, 0.2) is 0 Å². The van der Waals surface area contributed by atoms with Gasteiger partial charge < -0.3 is 16.8 Å². The zero-order valence-corrected chi connectivity index (χ0v) is 14.5. The smallest absolute Gasteiger partial charge is 0.261 e. The van der Waals surface area contributed by atoms with Crippen molar-refractivity contribution in [2.75, 3.05) is 10.0 Å². The van der Waals surface area contributed by atoms with E-state index in [1.165, 1.54) is 43.3 Å². The summed E-state index contributed by atoms with van der Waals surface area (Å²) < 4.78 is 27.1. The molecule has 2 aromatic rings. The Hall–Kier alpha value is -3.40. The predicted molar refractivity (Wildman–Crippen MR) is 95.0 cm³/mol. The summed E-state index contributed by atoms with van der Waals surface area (Å²) in [6, 6.07) is 9.10. The number of hydrogen-bond donors (Lipinski definition) is 4. The van der Waals surface area contributed by atoms with E-state index in [2.05, 4.69) is 10.0 Å². The van der Waals surface area contributed by atoms with Gasteiger partial charge in [-0.05, 0) is 42.5 Å². The average Bonchev–Trinajstić information content (AvgIpc) is 2.54. The fourth-order valence-corrected chi connectivity index (χ4v) is 3.21. The number of nitrogens with two attached hydrogens (primary N) is 2. The van der Waals surface area contributed by atoms with Gasteiger partial charge in [0.1, 0.15) is 0 Å². The lowest BCUT2D eigenvalue weighted by molar-refractivity contribution is -0.114. The van der Waals surface area contributed by atoms with E-state index in [4.69, 9.17) is 11.5 Å². The summed E-state index contributed by atoms with van der Waals surface area (Å²) in [4.78, 5) is 33.7. The number of carbonyl (C=O) groups is 3. The van der Waals surface area contributed by atoms with Crippen LogP contribution in [0.3, 0.4) is 0 Å². The van der Waals surface area contributed by atoms with Crippen LogP contribution in [0.25, 0.3) is 0 Å². The Morgan fingerprint density at radius 3 is 1.88 bits per heavy atom. The molecule has 26 heavy (non-hydrogen) atoms. The normalized spacial score (nSPS) is 10.8. The summed E-state index contributed by atoms with van der Waals surface area (Å²) in [6.45, 7) is 1.33. The van der Waals surface area contributed by atoms with Gasteiger partial charge in [-0.15, -0.1) is 0 Å². The molecule has 10 heteroatoms. The molecule has 0 unspecified atom stereocenters. The van der Waals surface area contributed by atoms with Gasteiger partial charge in [0.25, 0.3) is 10.0 Å². The molecule has 0 atom stereocenters. The van der Waals surface area contributed by atoms with Crippen molar-refractivity contribution in [1.29, 1.82) is 0 Å². The number of nitrogens with one attached hydrogen (secondary N) is 2. The molecule has 0 radical (unpaired) electrons. The standard InChI is InChI=1S/C16H16N4O5S/c1-9(21)19-10-2-5-12(6-3-10)26(24,25)20-11-4-7-13(15(17)22)14(8-11)16(18)23/h2-8,20H,1H3,(H2,17,22)(H2,18,23)(H,19,21). The number of hydrogen-bond acceptors (Lipinski definition) is 5. The molecular weight excluding hydrogens is 360 g/mol. The van der Waals surface area contributed by atoms with Crippen LogP contribution in [0.15, 0.2) is 47.4 Å². The molecule has 0 aliphatic carbocycles. The molecule has 0 spiro atoms. The van der Waals surface area contributed by atoms with E-state index in [-0.39, 0.29) is 27.6 Å². The van der Waals surface area contributed by atoms with E-state index >= 15 is 0 Å². The van der Waals surface area contributed by atoms with Crippen LogP contribution in [0, 0.1) is 0 Å². The van der Waals surface area contributed by atoms with E-state index in [1.54, 1.807) is 0 Å². The van der Waals surface area contributed by atoms with Crippen molar-refractivity contribution in [3.05, 3.63) is 53.6 Å². The average molecular weight is 376 g/mol. The van der Waals surface area contributed by atoms with E-state index in [9.17, 15) is 22.8 Å². The van der Waals surface area contributed by atoms with Gasteiger partial charge in [-0.25, -0.2) is 8.42 Å². The minimum Gasteiger partial charge on any atom is -0.366 e. The van der Waals surface area contributed by atoms with Gasteiger partial charge in [-0.2, -0.15) is 0 Å². The minimum atomic E-state index is -3.97. The third kappa shape index (κ3) is 4.36. The Balaban J connectivity index is 2.31. The molecule has 9 nitrogen and oxygen atoms in total. The largest absolute Gasteiger partial charge is 0.366 e. The first kappa shape index (κ1) is 18.9. The summed E-state index contributed by atoms with van der Waals surface area (Å²) in [7, 11) is -3.97. The molecule has 0 aromatic heterocycles. The van der Waals surface area contributed by atoms with Crippen molar-refractivity contribution >= 4 is 39.1 Å². The summed E-state index contributed by atoms with van der Waals surface area (Å²) in [6.07, 6.45) is 0. The molecule has 6 N–H and O–H groups in total. The summed E-state index contributed by atoms with van der Waals surface area (Å²) in [5, 5.41) is 2.52. The second-order valence-electron chi connectivity index (χ2n) is 5.30. The van der Waals surface area contributed by atoms with E-state index in [0.717, 1.165) is 6.07 Å². The maximum Gasteiger partial charge on any atom is 0.261 e. The highest BCUT2D eigenvalue weighted by Crippen LogP contribution is 2.21. The molecule has 136 valence electrons. The zero-order chi connectivity index (χ0) is 19.5. The van der Waals surface area contributed by atoms with Gasteiger partial charge >= 0.3 is 0 Å². The second-order valence-corrected chi connectivity index (χ2v) is 6.98. The molecule has 2 rings (SSSR count). The Kier molecular flexibility index (Phi) is 5.27. The number of amides is 3. The van der Waals surface area contributed by atoms with E-state index in [0.29, 0.717) is 5.69 Å². The van der Waals surface area contributed by atoms with Gasteiger partial charge in [0.05, 0.1) is 16.0 Å². The maximum atomic E-state index is 12.4. The van der Waals surface area contributed by atoms with Crippen LogP contribution in [-0.4, -0.2) is 26.1 Å². The quantitative estimate of drug-likeness (QED) is 0.581. The lowest BCUT2D eigenvalue weighted by Crippen LogP contribution is -2.21. The van der Waals surface area contributed by atoms with Crippen LogP contribution >= 0.6 is 0 Å². The highest BCUT2D eigenvalue weighted by atomic mass is 32.2. The molecule has 0 saturated heterocycles. The van der Waals surface area contributed by atoms with Crippen LogP contribution in [0.1, 0.15) is 27.6 Å². The number of anilines is 2. The predicted octanol–water partition coefficient (Wildman–Crippen LogP) is 0.644. The maximum absolute atomic E-state index is 12.4. The zero-order valence-electron chi connectivity index (χ0n) is 13.6. The number of primary amides is 2. The van der Waals surface area contributed by atoms with Crippen molar-refractivity contribution in [3.8, 4) is 0 Å². The number of benzene rings is 2. The van der Waals surface area contributed by atoms with Crippen LogP contribution in [0.2, 0.25) is 0 Å². The Bertz CT molecular complexity index is 984. The monoisotopic (exact) mass is 376 g/mol. The van der Waals surface area contributed by atoms with Crippen molar-refractivity contribution in [3.63, 3.8) is 0 Å². The van der Waals surface area contributed by atoms with Crippen LogP contribution in [0.5, 0.6) is 0 Å². The lowest BCUT2D eigenvalue weighted by atomic mass is 10.1. The highest BCUT2D eigenvalue weighted by molar-refractivity contribution is 7.92. The number of carbonyl (C=O) groups excluding carboxylic acids is 3. The summed E-state index contributed by atoms with van der Waals surface area (Å²) in [5.41, 5.74) is 10.5. The van der Waals surface area contributed by atoms with Crippen LogP contribution in [-0.2, 0) is 14.8 Å². The molecular formula is C16H16N4O5S. The molecule has 0 bridgehead atoms. The Morgan fingerprint density at radius 2 is 1.38 bits per heavy atom. The Labute approximate surface area is 149 Å². The summed E-state index contributed by atoms with van der Waals surface area (Å²) in [5.74, 6) is -2.06. The lowest BCUT2D eigenvalue weighted by Gasteiger charge is -2.11. The topological polar surface area (TPSA) is 161 Å². The van der Waals surface area contributed by atoms with Gasteiger partial charge in [-0.3, -0.25) is 19.1 Å². The van der Waals surface area contributed by atoms with E-state index < -0.39 is 21.8 Å². The third-order valence-electron chi connectivity index (χ3n) is 3.29. The SMILES string of the molecule is CC(=O)Nc1ccc(S(=O)(=O)Nc2ccc(C(N)=O)c(C(N)=O)c2)cc1. The fraction of sp³-hybridized carbons (Fsp3) is 0.0625. The van der Waals surface area contributed by atoms with Gasteiger partial charge in [0.2, 0.25) is 17.7 Å². The highest BCUT2D eigenvalue weighted by Gasteiger charge is 2.18. The molecule has 2 aromatic carbocycles. The second kappa shape index (κ2) is 7.23. The molecule has 0 fully saturated rings. The Morgan fingerprint density at radius 1 is 0.846 bits per heavy atom. The number of sulfonamides is 1. The molecule has 3 amide bonds. The van der Waals surface area contributed by atoms with Crippen molar-refractivity contribution in [1.82, 2.24) is 0 Å². The van der Waals surface area contributed by atoms with Gasteiger partial charge in [-0.1, -0.05) is 0 Å². The van der Waals surface area contributed by atoms with E-state index in [1.807, 2.05) is 0 Å². The van der Waals surface area contributed by atoms with Crippen molar-refractivity contribution in [2.24, 2.45) is 11.5 Å². The first-order valence-electron chi connectivity index (χ1n) is 7.24. The minimum absolute atomic E-state index is 0.0368. The molecule has 0 heterocycles. The summed E-state index contributed by atoms with van der Waals surface area (Å²) >= 11 is 0. The van der Waals surface area contributed by atoms with Crippen molar-refractivity contribution in [2.45, 2.75) is 11.8 Å². The first-order valence-corrected chi connectivity index (χ1v) is 8.72. The molecule has 0 saturated carbocycles. The first-order chi connectivity index (χ1) is 12.1. The molecule has 0 aliphatic heterocycles. The van der Waals surface area contributed by atoms with Crippen molar-refractivity contribution < 1.29 is 22.8 Å². The van der Waals surface area contributed by atoms with Crippen LogP contribution < -0.4 is 21.5 Å². The fourth-order valence-electron chi connectivity index (χ4n) is 2.16. The molecule has 0 aliphatic rings. The van der Waals surface area contributed by atoms with Gasteiger partial charge in [0, 0.05) is 18.3 Å². The third-order valence-corrected chi connectivity index (χ3v) is 4.68. The number of rotatable bonds is 6. The van der Waals surface area contributed by atoms with Crippen LogP contribution in [0.4, 0.5) is 11.4 Å².